The third-order valence-electron chi connectivity index (χ3n) is 3.73. The second kappa shape index (κ2) is 5.54. The molecule has 110 valence electrons. The summed E-state index contributed by atoms with van der Waals surface area (Å²) in [6.07, 6.45) is 0. The van der Waals surface area contributed by atoms with E-state index < -0.39 is 0 Å². The van der Waals surface area contributed by atoms with Crippen molar-refractivity contribution in [3.05, 3.63) is 52.5 Å². The molecule has 1 N–H and O–H groups in total. The molecule has 1 amide bonds. The molecule has 2 aromatic rings. The van der Waals surface area contributed by atoms with Crippen molar-refractivity contribution < 1.29 is 9.21 Å². The molecule has 1 aromatic heterocycles. The summed E-state index contributed by atoms with van der Waals surface area (Å²) >= 11 is 5.79. The van der Waals surface area contributed by atoms with E-state index in [1.54, 1.807) is 13.0 Å². The predicted octanol–water partition coefficient (Wildman–Crippen LogP) is 3.52. The second-order valence-corrected chi connectivity index (χ2v) is 5.70. The number of furan rings is 1. The van der Waals surface area contributed by atoms with Crippen LogP contribution in [0.3, 0.4) is 0 Å². The number of carbonyl (C=O) groups excluding carboxylic acids is 1. The first-order valence-corrected chi connectivity index (χ1v) is 7.37. The number of hydrogen-bond acceptors (Lipinski definition) is 3. The van der Waals surface area contributed by atoms with Gasteiger partial charge >= 0.3 is 0 Å². The number of aryl methyl sites for hydroxylation is 1. The Labute approximate surface area is 128 Å². The topological polar surface area (TPSA) is 45.5 Å². The first-order valence-electron chi connectivity index (χ1n) is 6.84. The quantitative estimate of drug-likeness (QED) is 0.882. The molecule has 0 atom stereocenters. The van der Waals surface area contributed by atoms with Crippen LogP contribution in [0.25, 0.3) is 0 Å². The SMILES string of the molecule is Cc1oc(C(=O)Nc2ccc3c(c2)CN(C)C3)cc1CCl. The summed E-state index contributed by atoms with van der Waals surface area (Å²) < 4.78 is 5.44. The molecule has 0 saturated heterocycles. The number of nitrogens with one attached hydrogen (secondary N) is 1. The number of fused-ring (bicyclic) bond motifs is 1. The van der Waals surface area contributed by atoms with Gasteiger partial charge in [-0.1, -0.05) is 6.07 Å². The molecule has 21 heavy (non-hydrogen) atoms. The number of halogens is 1. The van der Waals surface area contributed by atoms with Gasteiger partial charge in [0.25, 0.3) is 5.91 Å². The molecule has 2 heterocycles. The van der Waals surface area contributed by atoms with Crippen molar-refractivity contribution >= 4 is 23.2 Å². The molecule has 0 radical (unpaired) electrons. The lowest BCUT2D eigenvalue weighted by Gasteiger charge is -2.05. The van der Waals surface area contributed by atoms with Crippen LogP contribution in [0.1, 0.15) is 33.0 Å². The van der Waals surface area contributed by atoms with Gasteiger partial charge < -0.3 is 9.73 Å². The first kappa shape index (κ1) is 14.2. The van der Waals surface area contributed by atoms with Crippen LogP contribution in [0.15, 0.2) is 28.7 Å². The maximum absolute atomic E-state index is 12.2. The lowest BCUT2D eigenvalue weighted by molar-refractivity contribution is 0.0995. The molecular weight excluding hydrogens is 288 g/mol. The number of amides is 1. The van der Waals surface area contributed by atoms with Crippen LogP contribution in [0.2, 0.25) is 0 Å². The number of anilines is 1. The third-order valence-corrected chi connectivity index (χ3v) is 4.02. The highest BCUT2D eigenvalue weighted by atomic mass is 35.5. The van der Waals surface area contributed by atoms with E-state index in [1.165, 1.54) is 11.1 Å². The van der Waals surface area contributed by atoms with Crippen LogP contribution in [0.5, 0.6) is 0 Å². The van der Waals surface area contributed by atoms with Gasteiger partial charge in [0.05, 0.1) is 5.88 Å². The summed E-state index contributed by atoms with van der Waals surface area (Å²) in [5.74, 6) is 1.07. The summed E-state index contributed by atoms with van der Waals surface area (Å²) in [5.41, 5.74) is 4.20. The normalized spacial score (nSPS) is 14.2. The fraction of sp³-hybridized carbons (Fsp3) is 0.312. The molecule has 0 fully saturated rings. The standard InChI is InChI=1S/C16H17ClN2O2/c1-10-12(7-17)6-15(21-10)16(20)18-14-4-3-11-8-19(2)9-13(11)5-14/h3-6H,7-9H2,1-2H3,(H,18,20). The van der Waals surface area contributed by atoms with Gasteiger partial charge in [0, 0.05) is 24.3 Å². The largest absolute Gasteiger partial charge is 0.456 e. The summed E-state index contributed by atoms with van der Waals surface area (Å²) in [6.45, 7) is 3.68. The molecule has 0 spiro atoms. The lowest BCUT2D eigenvalue weighted by Crippen LogP contribution is -2.11. The van der Waals surface area contributed by atoms with Crippen molar-refractivity contribution in [1.29, 1.82) is 0 Å². The Hall–Kier alpha value is -1.78. The number of benzene rings is 1. The van der Waals surface area contributed by atoms with Crippen molar-refractivity contribution in [3.63, 3.8) is 0 Å². The highest BCUT2D eigenvalue weighted by molar-refractivity contribution is 6.17. The Morgan fingerprint density at radius 2 is 2.10 bits per heavy atom. The van der Waals surface area contributed by atoms with Crippen molar-refractivity contribution in [3.8, 4) is 0 Å². The van der Waals surface area contributed by atoms with E-state index in [1.807, 2.05) is 12.1 Å². The van der Waals surface area contributed by atoms with Crippen molar-refractivity contribution in [1.82, 2.24) is 4.90 Å². The smallest absolute Gasteiger partial charge is 0.291 e. The summed E-state index contributed by atoms with van der Waals surface area (Å²) in [5, 5.41) is 2.87. The zero-order valence-corrected chi connectivity index (χ0v) is 12.8. The van der Waals surface area contributed by atoms with Crippen LogP contribution < -0.4 is 5.32 Å². The zero-order valence-electron chi connectivity index (χ0n) is 12.1. The predicted molar refractivity (Wildman–Crippen MR) is 82.6 cm³/mol. The lowest BCUT2D eigenvalue weighted by atomic mass is 10.1. The summed E-state index contributed by atoms with van der Waals surface area (Å²) in [6, 6.07) is 7.70. The van der Waals surface area contributed by atoms with Crippen LogP contribution in [-0.2, 0) is 19.0 Å². The van der Waals surface area contributed by atoms with E-state index >= 15 is 0 Å². The molecule has 1 aliphatic rings. The minimum absolute atomic E-state index is 0.249. The van der Waals surface area contributed by atoms with E-state index in [4.69, 9.17) is 16.0 Å². The van der Waals surface area contributed by atoms with E-state index in [-0.39, 0.29) is 5.91 Å². The summed E-state index contributed by atoms with van der Waals surface area (Å²) in [4.78, 5) is 14.4. The van der Waals surface area contributed by atoms with Gasteiger partial charge in [-0.25, -0.2) is 0 Å². The highest BCUT2D eigenvalue weighted by Gasteiger charge is 2.18. The molecule has 0 aliphatic carbocycles. The molecule has 4 nitrogen and oxygen atoms in total. The molecule has 0 bridgehead atoms. The van der Waals surface area contributed by atoms with E-state index in [0.717, 1.165) is 24.3 Å². The Balaban J connectivity index is 1.77. The van der Waals surface area contributed by atoms with Gasteiger partial charge in [-0.05, 0) is 43.3 Å². The van der Waals surface area contributed by atoms with Crippen LogP contribution in [0.4, 0.5) is 5.69 Å². The van der Waals surface area contributed by atoms with Gasteiger partial charge in [0.2, 0.25) is 0 Å². The number of hydrogen-bond donors (Lipinski definition) is 1. The molecule has 0 unspecified atom stereocenters. The van der Waals surface area contributed by atoms with Crippen LogP contribution in [0, 0.1) is 6.92 Å². The minimum atomic E-state index is -0.249. The van der Waals surface area contributed by atoms with Gasteiger partial charge in [-0.2, -0.15) is 0 Å². The third kappa shape index (κ3) is 2.82. The van der Waals surface area contributed by atoms with Crippen molar-refractivity contribution in [2.75, 3.05) is 12.4 Å². The highest BCUT2D eigenvalue weighted by Crippen LogP contribution is 2.25. The zero-order chi connectivity index (χ0) is 15.0. The fourth-order valence-electron chi connectivity index (χ4n) is 2.60. The molecule has 3 rings (SSSR count). The van der Waals surface area contributed by atoms with Crippen molar-refractivity contribution in [2.24, 2.45) is 0 Å². The minimum Gasteiger partial charge on any atom is -0.456 e. The molecular formula is C16H17ClN2O2. The Bertz CT molecular complexity index is 694. The first-order chi connectivity index (χ1) is 10.1. The van der Waals surface area contributed by atoms with E-state index in [0.29, 0.717) is 17.4 Å². The number of nitrogens with zero attached hydrogens (tertiary/aromatic N) is 1. The molecule has 1 aliphatic heterocycles. The van der Waals surface area contributed by atoms with E-state index in [2.05, 4.69) is 23.3 Å². The number of alkyl halides is 1. The second-order valence-electron chi connectivity index (χ2n) is 5.44. The van der Waals surface area contributed by atoms with Gasteiger partial charge in [0.1, 0.15) is 5.76 Å². The Morgan fingerprint density at radius 1 is 1.33 bits per heavy atom. The van der Waals surface area contributed by atoms with Gasteiger partial charge in [-0.15, -0.1) is 11.6 Å². The average Bonchev–Trinajstić information content (AvgIpc) is 3.00. The van der Waals surface area contributed by atoms with Crippen LogP contribution in [-0.4, -0.2) is 17.9 Å². The molecule has 0 saturated carbocycles. The van der Waals surface area contributed by atoms with Crippen molar-refractivity contribution in [2.45, 2.75) is 25.9 Å². The van der Waals surface area contributed by atoms with E-state index in [9.17, 15) is 4.79 Å². The Morgan fingerprint density at radius 3 is 2.81 bits per heavy atom. The maximum atomic E-state index is 12.2. The monoisotopic (exact) mass is 304 g/mol. The van der Waals surface area contributed by atoms with Gasteiger partial charge in [0.15, 0.2) is 5.76 Å². The fourth-order valence-corrected chi connectivity index (χ4v) is 2.87. The Kier molecular flexibility index (Phi) is 3.74. The summed E-state index contributed by atoms with van der Waals surface area (Å²) in [7, 11) is 2.08. The van der Waals surface area contributed by atoms with Gasteiger partial charge in [-0.3, -0.25) is 9.69 Å². The molecule has 1 aromatic carbocycles. The van der Waals surface area contributed by atoms with Crippen LogP contribution >= 0.6 is 11.6 Å². The number of rotatable bonds is 3. The average molecular weight is 305 g/mol. The number of carbonyl (C=O) groups is 1. The maximum Gasteiger partial charge on any atom is 0.291 e. The molecule has 5 heteroatoms.